The Bertz CT molecular complexity index is 1320. The summed E-state index contributed by atoms with van der Waals surface area (Å²) >= 11 is 0. The van der Waals surface area contributed by atoms with Gasteiger partial charge in [-0.05, 0) is 51.0 Å². The summed E-state index contributed by atoms with van der Waals surface area (Å²) in [4.78, 5) is 54.1. The molecular weight excluding hydrogens is 510 g/mol. The van der Waals surface area contributed by atoms with Crippen molar-refractivity contribution in [2.75, 3.05) is 20.6 Å². The van der Waals surface area contributed by atoms with Crippen LogP contribution in [0.4, 0.5) is 0 Å². The third kappa shape index (κ3) is 4.10. The topological polar surface area (TPSA) is 214 Å². The fourth-order valence-electron chi connectivity index (χ4n) is 6.32. The van der Waals surface area contributed by atoms with E-state index in [2.05, 4.69) is 0 Å². The minimum Gasteiger partial charge on any atom is -0.510 e. The second-order valence-corrected chi connectivity index (χ2v) is 10.5. The SMILES string of the molecule is C[C@@H]1c2cccc(O)c2C(=O)C2=C(O)[C@]3(O)C(=O)C(C(N)=O)=C(O)[C@@H](N(C)C)[C@H]3[C@H](OC(=O)CCCCN)[C@H]21. The number of aromatic hydroxyl groups is 1. The number of phenolic OH excluding ortho intramolecular Hbond substituents is 1. The minimum absolute atomic E-state index is 0.0504. The zero-order valence-electron chi connectivity index (χ0n) is 21.9. The zero-order chi connectivity index (χ0) is 29.0. The van der Waals surface area contributed by atoms with Crippen LogP contribution in [0.3, 0.4) is 0 Å². The van der Waals surface area contributed by atoms with Gasteiger partial charge in [0.15, 0.2) is 11.4 Å². The van der Waals surface area contributed by atoms with Crippen molar-refractivity contribution in [3.63, 3.8) is 0 Å². The van der Waals surface area contributed by atoms with Crippen LogP contribution in [-0.4, -0.2) is 87.2 Å². The lowest BCUT2D eigenvalue weighted by Gasteiger charge is -2.54. The molecule has 0 unspecified atom stereocenters. The van der Waals surface area contributed by atoms with Crippen molar-refractivity contribution in [1.82, 2.24) is 4.90 Å². The van der Waals surface area contributed by atoms with E-state index in [0.717, 1.165) is 0 Å². The van der Waals surface area contributed by atoms with Gasteiger partial charge < -0.3 is 36.6 Å². The Kier molecular flexibility index (Phi) is 7.32. The fourth-order valence-corrected chi connectivity index (χ4v) is 6.32. The van der Waals surface area contributed by atoms with Gasteiger partial charge in [-0.15, -0.1) is 0 Å². The van der Waals surface area contributed by atoms with E-state index in [1.54, 1.807) is 19.1 Å². The number of fused-ring (bicyclic) bond motifs is 3. The highest BCUT2D eigenvalue weighted by Gasteiger charge is 2.68. The average molecular weight is 544 g/mol. The number of ketones is 2. The summed E-state index contributed by atoms with van der Waals surface area (Å²) in [6, 6.07) is 3.12. The van der Waals surface area contributed by atoms with Crippen LogP contribution in [0.15, 0.2) is 40.9 Å². The largest absolute Gasteiger partial charge is 0.510 e. The van der Waals surface area contributed by atoms with Crippen molar-refractivity contribution in [2.24, 2.45) is 23.3 Å². The molecule has 0 heterocycles. The molecule has 6 atom stereocenters. The number of nitrogens with zero attached hydrogens (tertiary/aromatic N) is 1. The Morgan fingerprint density at radius 1 is 1.13 bits per heavy atom. The van der Waals surface area contributed by atoms with Crippen molar-refractivity contribution in [2.45, 2.75) is 49.9 Å². The molecule has 1 amide bonds. The van der Waals surface area contributed by atoms with Crippen LogP contribution in [-0.2, 0) is 19.1 Å². The number of likely N-dealkylation sites (N-methyl/N-ethyl adjacent to an activating group) is 1. The molecule has 12 nitrogen and oxygen atoms in total. The Labute approximate surface area is 224 Å². The van der Waals surface area contributed by atoms with Gasteiger partial charge >= 0.3 is 5.97 Å². The molecule has 210 valence electrons. The molecule has 0 spiro atoms. The van der Waals surface area contributed by atoms with Crippen LogP contribution < -0.4 is 11.5 Å². The standard InChI is InChI=1S/C27H33N3O9/c1-11-12-7-6-8-13(31)16(12)21(33)17-15(11)23(39-14(32)9-4-5-10-28)19-20(30(2)3)22(34)18(26(29)37)25(36)27(19,38)24(17)35/h6-8,11,15,19-20,23,31,34-35,38H,4-5,9-10,28H2,1-3H3,(H2,29,37)/t11-,15+,19+,20+,23-,27+/m1/s1. The van der Waals surface area contributed by atoms with E-state index >= 15 is 0 Å². The first-order valence-corrected chi connectivity index (χ1v) is 12.7. The number of unbranched alkanes of at least 4 members (excludes halogenated alkanes) is 1. The molecule has 8 N–H and O–H groups in total. The molecule has 0 fully saturated rings. The van der Waals surface area contributed by atoms with Crippen molar-refractivity contribution >= 4 is 23.4 Å². The summed E-state index contributed by atoms with van der Waals surface area (Å²) in [5.74, 6) is -9.77. The third-order valence-electron chi connectivity index (χ3n) is 8.07. The first kappa shape index (κ1) is 28.3. The first-order valence-electron chi connectivity index (χ1n) is 12.7. The Morgan fingerprint density at radius 3 is 2.38 bits per heavy atom. The van der Waals surface area contributed by atoms with Crippen LogP contribution in [0.2, 0.25) is 0 Å². The van der Waals surface area contributed by atoms with Gasteiger partial charge in [-0.25, -0.2) is 0 Å². The molecule has 0 bridgehead atoms. The number of rotatable bonds is 7. The molecule has 3 aliphatic rings. The number of ether oxygens (including phenoxy) is 1. The molecule has 39 heavy (non-hydrogen) atoms. The molecule has 12 heteroatoms. The Hall–Kier alpha value is -3.74. The summed E-state index contributed by atoms with van der Waals surface area (Å²) < 4.78 is 5.90. The van der Waals surface area contributed by atoms with Crippen LogP contribution in [0.25, 0.3) is 0 Å². The van der Waals surface area contributed by atoms with Gasteiger partial charge in [0.25, 0.3) is 5.91 Å². The van der Waals surface area contributed by atoms with Crippen molar-refractivity contribution in [3.05, 3.63) is 52.0 Å². The summed E-state index contributed by atoms with van der Waals surface area (Å²) in [6.07, 6.45) is -0.540. The Balaban J connectivity index is 2.02. The molecular formula is C27H33N3O9. The van der Waals surface area contributed by atoms with E-state index in [-0.39, 0.29) is 17.7 Å². The molecule has 3 aliphatic carbocycles. The summed E-state index contributed by atoms with van der Waals surface area (Å²) in [7, 11) is 2.99. The van der Waals surface area contributed by atoms with Crippen LogP contribution in [0, 0.1) is 11.8 Å². The number of amides is 1. The molecule has 0 saturated heterocycles. The second-order valence-electron chi connectivity index (χ2n) is 10.5. The lowest BCUT2D eigenvalue weighted by atomic mass is 9.55. The number of carbonyl (C=O) groups is 4. The summed E-state index contributed by atoms with van der Waals surface area (Å²) in [5.41, 5.74) is 6.87. The maximum atomic E-state index is 13.8. The quantitative estimate of drug-likeness (QED) is 0.157. The average Bonchev–Trinajstić information content (AvgIpc) is 2.85. The number of hydrogen-bond donors (Lipinski definition) is 6. The molecule has 1 aromatic rings. The number of aliphatic hydroxyl groups excluding tert-OH is 2. The predicted molar refractivity (Wildman–Crippen MR) is 137 cm³/mol. The number of benzene rings is 1. The number of phenols is 1. The smallest absolute Gasteiger partial charge is 0.306 e. The highest BCUT2D eigenvalue weighted by Crippen LogP contribution is 2.56. The maximum Gasteiger partial charge on any atom is 0.306 e. The van der Waals surface area contributed by atoms with Crippen LogP contribution >= 0.6 is 0 Å². The summed E-state index contributed by atoms with van der Waals surface area (Å²) in [5, 5.41) is 45.1. The van der Waals surface area contributed by atoms with Gasteiger partial charge in [-0.2, -0.15) is 0 Å². The normalized spacial score (nSPS) is 30.2. The van der Waals surface area contributed by atoms with Gasteiger partial charge in [0.2, 0.25) is 5.78 Å². The lowest BCUT2D eigenvalue weighted by Crippen LogP contribution is -2.69. The highest BCUT2D eigenvalue weighted by molar-refractivity contribution is 6.25. The monoisotopic (exact) mass is 543 g/mol. The van der Waals surface area contributed by atoms with Crippen molar-refractivity contribution in [3.8, 4) is 5.75 Å². The minimum atomic E-state index is -2.96. The second kappa shape index (κ2) is 10.1. The number of hydrogen-bond acceptors (Lipinski definition) is 11. The fraction of sp³-hybridized carbons (Fsp3) is 0.481. The number of aliphatic hydroxyl groups is 3. The molecule has 0 radical (unpaired) electrons. The van der Waals surface area contributed by atoms with Gasteiger partial charge in [0.05, 0.1) is 17.5 Å². The number of primary amides is 1. The molecule has 0 saturated carbocycles. The van der Waals surface area contributed by atoms with Gasteiger partial charge in [0, 0.05) is 17.9 Å². The van der Waals surface area contributed by atoms with Crippen molar-refractivity contribution in [1.29, 1.82) is 0 Å². The highest BCUT2D eigenvalue weighted by atomic mass is 16.5. The molecule has 0 aliphatic heterocycles. The van der Waals surface area contributed by atoms with E-state index in [0.29, 0.717) is 24.9 Å². The third-order valence-corrected chi connectivity index (χ3v) is 8.07. The van der Waals surface area contributed by atoms with E-state index in [9.17, 15) is 39.6 Å². The lowest BCUT2D eigenvalue weighted by molar-refractivity contribution is -0.181. The van der Waals surface area contributed by atoms with E-state index < -0.39 is 81.6 Å². The van der Waals surface area contributed by atoms with Gasteiger partial charge in [0.1, 0.15) is 28.9 Å². The number of esters is 1. The number of nitrogens with two attached hydrogens (primary N) is 2. The Morgan fingerprint density at radius 2 is 1.79 bits per heavy atom. The molecule has 0 aromatic heterocycles. The van der Waals surface area contributed by atoms with E-state index in [4.69, 9.17) is 16.2 Å². The molecule has 4 rings (SSSR count). The van der Waals surface area contributed by atoms with Gasteiger partial charge in [-0.1, -0.05) is 19.1 Å². The maximum absolute atomic E-state index is 13.8. The van der Waals surface area contributed by atoms with Crippen LogP contribution in [0.5, 0.6) is 5.75 Å². The predicted octanol–water partition coefficient (Wildman–Crippen LogP) is 0.332. The number of Topliss-reactive ketones (excluding diaryl/α,β-unsaturated/α-hetero) is 2. The summed E-state index contributed by atoms with van der Waals surface area (Å²) in [6.45, 7) is 2.04. The van der Waals surface area contributed by atoms with E-state index in [1.165, 1.54) is 25.1 Å². The van der Waals surface area contributed by atoms with E-state index in [1.807, 2.05) is 0 Å². The van der Waals surface area contributed by atoms with Crippen LogP contribution in [0.1, 0.15) is 48.0 Å². The van der Waals surface area contributed by atoms with Gasteiger partial charge in [-0.3, -0.25) is 24.1 Å². The first-order chi connectivity index (χ1) is 18.3. The molecule has 1 aromatic carbocycles. The number of carbonyl (C=O) groups excluding carboxylic acids is 4. The van der Waals surface area contributed by atoms with Crippen molar-refractivity contribution < 1.29 is 44.3 Å². The zero-order valence-corrected chi connectivity index (χ0v) is 21.9.